The Morgan fingerprint density at radius 1 is 1.03 bits per heavy atom. The van der Waals surface area contributed by atoms with Crippen LogP contribution < -0.4 is 16.0 Å². The van der Waals surface area contributed by atoms with Crippen molar-refractivity contribution in [1.82, 2.24) is 20.9 Å². The molecule has 2 saturated carbocycles. The van der Waals surface area contributed by atoms with Gasteiger partial charge >= 0.3 is 6.09 Å². The van der Waals surface area contributed by atoms with E-state index in [0.29, 0.717) is 19.3 Å². The second-order valence-electron chi connectivity index (χ2n) is 12.2. The fourth-order valence-electron chi connectivity index (χ4n) is 6.31. The lowest BCUT2D eigenvalue weighted by Gasteiger charge is -2.40. The van der Waals surface area contributed by atoms with Crippen LogP contribution in [0, 0.1) is 11.8 Å². The molecule has 0 aromatic rings. The van der Waals surface area contributed by atoms with Crippen LogP contribution in [0.2, 0.25) is 0 Å². The number of alkyl carbamates (subject to hydrolysis) is 1. The Balaban J connectivity index is 1.81. The van der Waals surface area contributed by atoms with Crippen molar-refractivity contribution in [2.45, 2.75) is 122 Å². The van der Waals surface area contributed by atoms with Crippen LogP contribution >= 0.6 is 0 Å². The average molecular weight is 547 g/mol. The average Bonchev–Trinajstić information content (AvgIpc) is 3.51. The van der Waals surface area contributed by atoms with Gasteiger partial charge in [-0.2, -0.15) is 0 Å². The second kappa shape index (κ2) is 13.4. The molecule has 0 spiro atoms. The Hall–Kier alpha value is -2.91. The molecular weight excluding hydrogens is 500 g/mol. The summed E-state index contributed by atoms with van der Waals surface area (Å²) in [6, 6.07) is -2.60. The monoisotopic (exact) mass is 546 g/mol. The first-order valence-electron chi connectivity index (χ1n) is 14.5. The van der Waals surface area contributed by atoms with Gasteiger partial charge in [-0.15, -0.1) is 6.58 Å². The van der Waals surface area contributed by atoms with E-state index in [1.807, 2.05) is 6.92 Å². The molecule has 3 unspecified atom stereocenters. The summed E-state index contributed by atoms with van der Waals surface area (Å²) in [5.41, 5.74) is -0.710. The first-order valence-corrected chi connectivity index (χ1v) is 14.5. The number of carbonyl (C=O) groups is 5. The van der Waals surface area contributed by atoms with Gasteiger partial charge in [0, 0.05) is 12.6 Å². The van der Waals surface area contributed by atoms with Crippen LogP contribution in [0.3, 0.4) is 0 Å². The number of nitrogens with zero attached hydrogens (tertiary/aromatic N) is 1. The van der Waals surface area contributed by atoms with Crippen LogP contribution in [0.4, 0.5) is 4.79 Å². The molecule has 39 heavy (non-hydrogen) atoms. The molecule has 10 nitrogen and oxygen atoms in total. The van der Waals surface area contributed by atoms with Crippen LogP contribution in [0.15, 0.2) is 12.7 Å². The first-order chi connectivity index (χ1) is 18.5. The number of piperidine rings is 1. The fourth-order valence-corrected chi connectivity index (χ4v) is 6.31. The van der Waals surface area contributed by atoms with Gasteiger partial charge in [0.1, 0.15) is 17.7 Å². The molecule has 4 amide bonds. The maximum absolute atomic E-state index is 14.2. The molecule has 1 saturated heterocycles. The molecule has 1 aliphatic heterocycles. The van der Waals surface area contributed by atoms with E-state index in [1.54, 1.807) is 25.7 Å². The molecule has 3 fully saturated rings. The number of hydrogen-bond acceptors (Lipinski definition) is 6. The van der Waals surface area contributed by atoms with Gasteiger partial charge in [0.15, 0.2) is 0 Å². The third-order valence-corrected chi connectivity index (χ3v) is 8.01. The first kappa shape index (κ1) is 30.6. The molecule has 0 aromatic heterocycles. The lowest BCUT2D eigenvalue weighted by Crippen LogP contribution is -2.61. The van der Waals surface area contributed by atoms with E-state index in [4.69, 9.17) is 4.74 Å². The number of carbonyl (C=O) groups excluding carboxylic acids is 5. The zero-order chi connectivity index (χ0) is 28.7. The van der Waals surface area contributed by atoms with E-state index >= 15 is 0 Å². The largest absolute Gasteiger partial charge is 0.444 e. The molecule has 10 heteroatoms. The van der Waals surface area contributed by atoms with Crippen molar-refractivity contribution in [3.8, 4) is 0 Å². The van der Waals surface area contributed by atoms with Crippen LogP contribution in [-0.4, -0.2) is 70.8 Å². The number of ketones is 1. The maximum atomic E-state index is 14.2. The SMILES string of the molecule is C=CCNC(=O)C(=O)C(CCC)NC(=O)[C@@H]1C2CCC(C2)N1C(=O)[C@@H](NC(=O)OC(C)(C)C)C1CCCCC1. The Kier molecular flexibility index (Phi) is 10.6. The molecule has 3 aliphatic rings. The highest BCUT2D eigenvalue weighted by molar-refractivity contribution is 6.38. The summed E-state index contributed by atoms with van der Waals surface area (Å²) in [5, 5.41) is 8.13. The summed E-state index contributed by atoms with van der Waals surface area (Å²) in [6.45, 7) is 10.9. The van der Waals surface area contributed by atoms with Gasteiger partial charge in [-0.3, -0.25) is 19.2 Å². The summed E-state index contributed by atoms with van der Waals surface area (Å²) >= 11 is 0. The van der Waals surface area contributed by atoms with Crippen molar-refractivity contribution in [1.29, 1.82) is 0 Å². The minimum atomic E-state index is -0.975. The van der Waals surface area contributed by atoms with Crippen molar-refractivity contribution in [3.05, 3.63) is 12.7 Å². The van der Waals surface area contributed by atoms with Gasteiger partial charge in [-0.25, -0.2) is 4.79 Å². The molecule has 0 aromatic carbocycles. The molecule has 3 N–H and O–H groups in total. The summed E-state index contributed by atoms with van der Waals surface area (Å²) in [7, 11) is 0. The molecule has 2 aliphatic carbocycles. The van der Waals surface area contributed by atoms with E-state index in [0.717, 1.165) is 44.9 Å². The standard InChI is InChI=1S/C29H46N4O6/c1-6-11-21(24(34)26(36)30-16-7-2)31-25(35)23-19-14-15-20(17-19)33(23)27(37)22(18-12-9-8-10-13-18)32-28(38)39-29(3,4)5/h7,18-23H,2,6,8-17H2,1,3-5H3,(H,30,36)(H,31,35)(H,32,38)/t19?,20?,21?,22-,23-/m0/s1. The highest BCUT2D eigenvalue weighted by Gasteiger charge is 2.53. The van der Waals surface area contributed by atoms with E-state index in [1.165, 1.54) is 6.08 Å². The Morgan fingerprint density at radius 3 is 2.33 bits per heavy atom. The van der Waals surface area contributed by atoms with E-state index in [2.05, 4.69) is 22.5 Å². The minimum absolute atomic E-state index is 0.0283. The molecule has 2 bridgehead atoms. The van der Waals surface area contributed by atoms with E-state index in [9.17, 15) is 24.0 Å². The highest BCUT2D eigenvalue weighted by atomic mass is 16.6. The third-order valence-electron chi connectivity index (χ3n) is 8.01. The van der Waals surface area contributed by atoms with Gasteiger partial charge in [0.2, 0.25) is 17.6 Å². The number of likely N-dealkylation sites (tertiary alicyclic amines) is 1. The van der Waals surface area contributed by atoms with Crippen LogP contribution in [0.5, 0.6) is 0 Å². The van der Waals surface area contributed by atoms with Crippen LogP contribution in [-0.2, 0) is 23.9 Å². The van der Waals surface area contributed by atoms with Gasteiger partial charge < -0.3 is 25.6 Å². The third kappa shape index (κ3) is 7.82. The number of hydrogen-bond donors (Lipinski definition) is 3. The molecule has 5 atom stereocenters. The smallest absolute Gasteiger partial charge is 0.408 e. The number of amides is 4. The quantitative estimate of drug-likeness (QED) is 0.269. The van der Waals surface area contributed by atoms with Crippen molar-refractivity contribution in [3.63, 3.8) is 0 Å². The predicted octanol–water partition coefficient (Wildman–Crippen LogP) is 3.00. The lowest BCUT2D eigenvalue weighted by molar-refractivity contribution is -0.147. The molecule has 0 radical (unpaired) electrons. The van der Waals surface area contributed by atoms with Crippen molar-refractivity contribution in [2.75, 3.05) is 6.54 Å². The van der Waals surface area contributed by atoms with E-state index in [-0.39, 0.29) is 30.3 Å². The van der Waals surface area contributed by atoms with Crippen LogP contribution in [0.1, 0.15) is 91.9 Å². The molecule has 218 valence electrons. The van der Waals surface area contributed by atoms with Crippen molar-refractivity contribution >= 4 is 29.6 Å². The summed E-state index contributed by atoms with van der Waals surface area (Å²) < 4.78 is 5.48. The number of ether oxygens (including phenoxy) is 1. The number of rotatable bonds is 11. The fraction of sp³-hybridized carbons (Fsp3) is 0.759. The van der Waals surface area contributed by atoms with Gasteiger partial charge in [0.25, 0.3) is 5.91 Å². The maximum Gasteiger partial charge on any atom is 0.408 e. The summed E-state index contributed by atoms with van der Waals surface area (Å²) in [5.74, 6) is -2.22. The predicted molar refractivity (Wildman–Crippen MR) is 147 cm³/mol. The normalized spacial score (nSPS) is 24.4. The van der Waals surface area contributed by atoms with E-state index < -0.39 is 47.4 Å². The topological polar surface area (TPSA) is 134 Å². The van der Waals surface area contributed by atoms with Crippen LogP contribution in [0.25, 0.3) is 0 Å². The minimum Gasteiger partial charge on any atom is -0.444 e. The Labute approximate surface area is 232 Å². The molecular formula is C29H46N4O6. The Bertz CT molecular complexity index is 939. The van der Waals surface area contributed by atoms with Gasteiger partial charge in [-0.1, -0.05) is 38.7 Å². The summed E-state index contributed by atoms with van der Waals surface area (Å²) in [4.78, 5) is 67.4. The van der Waals surface area contributed by atoms with Crippen molar-refractivity contribution in [2.24, 2.45) is 11.8 Å². The number of nitrogens with one attached hydrogen (secondary N) is 3. The highest BCUT2D eigenvalue weighted by Crippen LogP contribution is 2.43. The van der Waals surface area contributed by atoms with Gasteiger partial charge in [0.05, 0.1) is 6.04 Å². The lowest BCUT2D eigenvalue weighted by atomic mass is 9.83. The van der Waals surface area contributed by atoms with Gasteiger partial charge in [-0.05, 0) is 71.1 Å². The molecule has 1 heterocycles. The number of Topliss-reactive ketones (excluding diaryl/α,β-unsaturated/α-hetero) is 1. The van der Waals surface area contributed by atoms with Crippen molar-refractivity contribution < 1.29 is 28.7 Å². The molecule has 3 rings (SSSR count). The zero-order valence-corrected chi connectivity index (χ0v) is 23.9. The summed E-state index contributed by atoms with van der Waals surface area (Å²) in [6.07, 6.45) is 8.75. The zero-order valence-electron chi connectivity index (χ0n) is 23.9. The second-order valence-corrected chi connectivity index (χ2v) is 12.2. The number of fused-ring (bicyclic) bond motifs is 2. The Morgan fingerprint density at radius 2 is 1.72 bits per heavy atom.